The molecule has 1 rings (SSSR count). The fourth-order valence-corrected chi connectivity index (χ4v) is 2.50. The maximum atomic E-state index is 9.18. The van der Waals surface area contributed by atoms with Crippen LogP contribution in [0, 0.1) is 0 Å². The van der Waals surface area contributed by atoms with Crippen LogP contribution >= 0.6 is 15.9 Å². The number of benzene rings is 1. The highest BCUT2D eigenvalue weighted by molar-refractivity contribution is 9.10. The van der Waals surface area contributed by atoms with Crippen molar-refractivity contribution in [2.75, 3.05) is 18.9 Å². The van der Waals surface area contributed by atoms with E-state index in [2.05, 4.69) is 40.7 Å². The number of nitrogens with two attached hydrogens (primary N) is 1. The number of aliphatic hydroxyl groups excluding tert-OH is 1. The molecule has 0 saturated heterocycles. The predicted molar refractivity (Wildman–Crippen MR) is 80.4 cm³/mol. The molecule has 0 aliphatic rings. The van der Waals surface area contributed by atoms with Gasteiger partial charge in [-0.05, 0) is 46.5 Å². The van der Waals surface area contributed by atoms with Gasteiger partial charge in [-0.1, -0.05) is 19.9 Å². The molecular weight excluding hydrogens is 292 g/mol. The first-order valence-corrected chi connectivity index (χ1v) is 7.30. The summed E-state index contributed by atoms with van der Waals surface area (Å²) in [5.41, 5.74) is 7.85. The molecule has 1 aromatic rings. The number of anilines is 1. The molecule has 0 aromatic heterocycles. The molecule has 0 aliphatic heterocycles. The molecule has 0 atom stereocenters. The van der Waals surface area contributed by atoms with E-state index in [0.29, 0.717) is 12.6 Å². The highest BCUT2D eigenvalue weighted by atomic mass is 79.9. The predicted octanol–water partition coefficient (Wildman–Crippen LogP) is 3.01. The fraction of sp³-hybridized carbons (Fsp3) is 0.571. The van der Waals surface area contributed by atoms with E-state index in [4.69, 9.17) is 5.73 Å². The Morgan fingerprint density at radius 2 is 2.00 bits per heavy atom. The van der Waals surface area contributed by atoms with Crippen molar-refractivity contribution in [3.63, 3.8) is 0 Å². The highest BCUT2D eigenvalue weighted by Gasteiger charge is 2.15. The van der Waals surface area contributed by atoms with Crippen LogP contribution in [0.15, 0.2) is 22.7 Å². The van der Waals surface area contributed by atoms with Crippen molar-refractivity contribution in [1.29, 1.82) is 0 Å². The number of aliphatic hydroxyl groups is 1. The Hall–Kier alpha value is -0.580. The molecule has 4 heteroatoms. The number of hydrogen-bond donors (Lipinski definition) is 2. The van der Waals surface area contributed by atoms with E-state index in [1.54, 1.807) is 0 Å². The van der Waals surface area contributed by atoms with Gasteiger partial charge in [0.1, 0.15) is 0 Å². The Balaban J connectivity index is 2.78. The van der Waals surface area contributed by atoms with Crippen molar-refractivity contribution >= 4 is 21.6 Å². The first kappa shape index (κ1) is 15.5. The standard InChI is InChI=1S/C14H23BrN2O/c1-3-12(4-2)17(7-8-18)10-11-5-6-13(15)14(16)9-11/h5-6,9,12,18H,3-4,7-8,10,16H2,1-2H3. The quantitative estimate of drug-likeness (QED) is 0.761. The zero-order valence-electron chi connectivity index (χ0n) is 11.2. The molecule has 3 nitrogen and oxygen atoms in total. The minimum absolute atomic E-state index is 0.197. The van der Waals surface area contributed by atoms with E-state index in [1.165, 1.54) is 5.56 Å². The minimum atomic E-state index is 0.197. The monoisotopic (exact) mass is 314 g/mol. The first-order chi connectivity index (χ1) is 8.62. The molecule has 0 saturated carbocycles. The van der Waals surface area contributed by atoms with Crippen LogP contribution in [-0.4, -0.2) is 29.2 Å². The van der Waals surface area contributed by atoms with E-state index >= 15 is 0 Å². The number of nitrogen functional groups attached to an aromatic ring is 1. The Bertz CT molecular complexity index is 367. The van der Waals surface area contributed by atoms with Crippen molar-refractivity contribution in [3.8, 4) is 0 Å². The summed E-state index contributed by atoms with van der Waals surface area (Å²) in [6, 6.07) is 6.57. The number of nitrogens with zero attached hydrogens (tertiary/aromatic N) is 1. The van der Waals surface area contributed by atoms with Crippen molar-refractivity contribution in [2.45, 2.75) is 39.3 Å². The zero-order chi connectivity index (χ0) is 13.5. The van der Waals surface area contributed by atoms with Crippen LogP contribution < -0.4 is 5.73 Å². The summed E-state index contributed by atoms with van der Waals surface area (Å²) in [5, 5.41) is 9.18. The molecule has 0 radical (unpaired) electrons. The second kappa shape index (κ2) is 7.77. The molecule has 0 fully saturated rings. The van der Waals surface area contributed by atoms with Gasteiger partial charge in [-0.2, -0.15) is 0 Å². The van der Waals surface area contributed by atoms with Gasteiger partial charge in [0.2, 0.25) is 0 Å². The van der Waals surface area contributed by atoms with E-state index < -0.39 is 0 Å². The third kappa shape index (κ3) is 4.26. The van der Waals surface area contributed by atoms with Gasteiger partial charge in [-0.25, -0.2) is 0 Å². The van der Waals surface area contributed by atoms with Crippen molar-refractivity contribution < 1.29 is 5.11 Å². The molecule has 1 aromatic carbocycles. The SMILES string of the molecule is CCC(CC)N(CCO)Cc1ccc(Br)c(N)c1. The van der Waals surface area contributed by atoms with Crippen molar-refractivity contribution in [3.05, 3.63) is 28.2 Å². The smallest absolute Gasteiger partial charge is 0.0558 e. The first-order valence-electron chi connectivity index (χ1n) is 6.51. The van der Waals surface area contributed by atoms with Gasteiger partial charge < -0.3 is 10.8 Å². The lowest BCUT2D eigenvalue weighted by atomic mass is 10.1. The van der Waals surface area contributed by atoms with Crippen molar-refractivity contribution in [1.82, 2.24) is 4.90 Å². The summed E-state index contributed by atoms with van der Waals surface area (Å²) in [5.74, 6) is 0. The second-order valence-corrected chi connectivity index (χ2v) is 5.37. The summed E-state index contributed by atoms with van der Waals surface area (Å²) in [6.07, 6.45) is 2.20. The lowest BCUT2D eigenvalue weighted by Crippen LogP contribution is -2.36. The number of rotatable bonds is 7. The average Bonchev–Trinajstić information content (AvgIpc) is 2.35. The third-order valence-corrected chi connectivity index (χ3v) is 4.01. The van der Waals surface area contributed by atoms with Gasteiger partial charge >= 0.3 is 0 Å². The minimum Gasteiger partial charge on any atom is -0.398 e. The van der Waals surface area contributed by atoms with Gasteiger partial charge in [0.25, 0.3) is 0 Å². The van der Waals surface area contributed by atoms with E-state index in [0.717, 1.165) is 29.5 Å². The lowest BCUT2D eigenvalue weighted by Gasteiger charge is -2.30. The molecule has 3 N–H and O–H groups in total. The number of halogens is 1. The summed E-state index contributed by atoms with van der Waals surface area (Å²) in [4.78, 5) is 2.32. The molecule has 0 aliphatic carbocycles. The summed E-state index contributed by atoms with van der Waals surface area (Å²) >= 11 is 3.40. The maximum absolute atomic E-state index is 9.18. The Kier molecular flexibility index (Phi) is 6.68. The fourth-order valence-electron chi connectivity index (χ4n) is 2.25. The molecule has 0 unspecified atom stereocenters. The second-order valence-electron chi connectivity index (χ2n) is 4.52. The van der Waals surface area contributed by atoms with Crippen LogP contribution in [0.5, 0.6) is 0 Å². The maximum Gasteiger partial charge on any atom is 0.0558 e. The van der Waals surface area contributed by atoms with E-state index in [-0.39, 0.29) is 6.61 Å². The summed E-state index contributed by atoms with van der Waals surface area (Å²) in [7, 11) is 0. The normalized spacial score (nSPS) is 11.4. The molecule has 18 heavy (non-hydrogen) atoms. The van der Waals surface area contributed by atoms with Crippen LogP contribution in [-0.2, 0) is 6.54 Å². The van der Waals surface area contributed by atoms with E-state index in [9.17, 15) is 5.11 Å². The van der Waals surface area contributed by atoms with Gasteiger partial charge in [0.05, 0.1) is 6.61 Å². The van der Waals surface area contributed by atoms with Gasteiger partial charge in [-0.15, -0.1) is 0 Å². The van der Waals surface area contributed by atoms with Gasteiger partial charge in [-0.3, -0.25) is 4.90 Å². The molecule has 0 spiro atoms. The highest BCUT2D eigenvalue weighted by Crippen LogP contribution is 2.22. The summed E-state index contributed by atoms with van der Waals surface area (Å²) < 4.78 is 0.933. The van der Waals surface area contributed by atoms with Crippen LogP contribution in [0.1, 0.15) is 32.3 Å². The molecule has 0 amide bonds. The Morgan fingerprint density at radius 1 is 1.33 bits per heavy atom. The van der Waals surface area contributed by atoms with E-state index in [1.807, 2.05) is 12.1 Å². The molecule has 0 heterocycles. The topological polar surface area (TPSA) is 49.5 Å². The van der Waals surface area contributed by atoms with Crippen molar-refractivity contribution in [2.24, 2.45) is 0 Å². The molecule has 102 valence electrons. The van der Waals surface area contributed by atoms with Gasteiger partial charge in [0.15, 0.2) is 0 Å². The van der Waals surface area contributed by atoms with Crippen LogP contribution in [0.3, 0.4) is 0 Å². The van der Waals surface area contributed by atoms with Crippen LogP contribution in [0.4, 0.5) is 5.69 Å². The average molecular weight is 315 g/mol. The largest absolute Gasteiger partial charge is 0.398 e. The number of hydrogen-bond acceptors (Lipinski definition) is 3. The molecular formula is C14H23BrN2O. The zero-order valence-corrected chi connectivity index (χ0v) is 12.8. The van der Waals surface area contributed by atoms with Gasteiger partial charge in [0, 0.05) is 29.3 Å². The lowest BCUT2D eigenvalue weighted by molar-refractivity contribution is 0.136. The Labute approximate surface area is 118 Å². The summed E-state index contributed by atoms with van der Waals surface area (Å²) in [6.45, 7) is 6.12. The van der Waals surface area contributed by atoms with Crippen LogP contribution in [0.2, 0.25) is 0 Å². The Morgan fingerprint density at radius 3 is 2.50 bits per heavy atom. The molecule has 0 bridgehead atoms. The third-order valence-electron chi connectivity index (χ3n) is 3.29. The van der Waals surface area contributed by atoms with Crippen LogP contribution in [0.25, 0.3) is 0 Å².